The molecule has 0 aliphatic heterocycles. The zero-order chi connectivity index (χ0) is 12.4. The molecule has 0 heterocycles. The second kappa shape index (κ2) is 4.43. The van der Waals surface area contributed by atoms with Crippen LogP contribution in [0, 0.1) is 0 Å². The molecule has 2 aromatic carbocycles. The van der Waals surface area contributed by atoms with Gasteiger partial charge in [-0.05, 0) is 24.3 Å². The molecule has 0 spiro atoms. The van der Waals surface area contributed by atoms with Gasteiger partial charge in [0.05, 0.1) is 28.4 Å². The van der Waals surface area contributed by atoms with Crippen molar-refractivity contribution >= 4 is 40.0 Å². The maximum absolute atomic E-state index is 5.85. The maximum atomic E-state index is 5.85. The molecule has 0 aromatic heterocycles. The minimum absolute atomic E-state index is 0.484. The molecule has 17 heavy (non-hydrogen) atoms. The Hall–Kier alpha value is -2.07. The molecule has 0 radical (unpaired) electrons. The van der Waals surface area contributed by atoms with Gasteiger partial charge >= 0.3 is 0 Å². The van der Waals surface area contributed by atoms with Gasteiger partial charge in [-0.1, -0.05) is 23.7 Å². The molecule has 0 aliphatic rings. The number of nitrogen functional groups attached to an aromatic ring is 3. The van der Waals surface area contributed by atoms with Crippen LogP contribution in [0.4, 0.5) is 28.4 Å². The van der Waals surface area contributed by atoms with E-state index in [2.05, 4.69) is 5.32 Å². The van der Waals surface area contributed by atoms with E-state index in [4.69, 9.17) is 28.8 Å². The van der Waals surface area contributed by atoms with Crippen molar-refractivity contribution in [3.8, 4) is 0 Å². The third-order valence-corrected chi connectivity index (χ3v) is 2.60. The molecule has 0 unspecified atom stereocenters. The average Bonchev–Trinajstić information content (AvgIpc) is 2.25. The van der Waals surface area contributed by atoms with Crippen LogP contribution in [0.25, 0.3) is 0 Å². The van der Waals surface area contributed by atoms with Crippen molar-refractivity contribution in [3.05, 3.63) is 41.4 Å². The number of hydrogen-bond donors (Lipinski definition) is 4. The zero-order valence-corrected chi connectivity index (χ0v) is 9.83. The summed E-state index contributed by atoms with van der Waals surface area (Å²) in [7, 11) is 0. The predicted molar refractivity (Wildman–Crippen MR) is 74.4 cm³/mol. The van der Waals surface area contributed by atoms with E-state index in [-0.39, 0.29) is 0 Å². The molecule has 0 saturated heterocycles. The summed E-state index contributed by atoms with van der Waals surface area (Å²) in [5.74, 6) is 0. The van der Waals surface area contributed by atoms with Gasteiger partial charge in [-0.3, -0.25) is 0 Å². The third-order valence-electron chi connectivity index (χ3n) is 2.38. The van der Waals surface area contributed by atoms with E-state index in [0.29, 0.717) is 27.8 Å². The predicted octanol–water partition coefficient (Wildman–Crippen LogP) is 2.83. The number of para-hydroxylation sites is 2. The second-order valence-electron chi connectivity index (χ2n) is 3.67. The van der Waals surface area contributed by atoms with E-state index in [1.54, 1.807) is 18.2 Å². The Morgan fingerprint density at radius 1 is 0.882 bits per heavy atom. The van der Waals surface area contributed by atoms with Crippen LogP contribution >= 0.6 is 11.6 Å². The summed E-state index contributed by atoms with van der Waals surface area (Å²) in [5, 5.41) is 3.61. The molecule has 2 rings (SSSR count). The number of rotatable bonds is 2. The van der Waals surface area contributed by atoms with Crippen molar-refractivity contribution in [1.82, 2.24) is 0 Å². The monoisotopic (exact) mass is 248 g/mol. The summed E-state index contributed by atoms with van der Waals surface area (Å²) in [4.78, 5) is 0. The number of halogens is 1. The lowest BCUT2D eigenvalue weighted by Crippen LogP contribution is -2.02. The number of hydrogen-bond acceptors (Lipinski definition) is 4. The highest BCUT2D eigenvalue weighted by molar-refractivity contribution is 6.31. The van der Waals surface area contributed by atoms with Crippen LogP contribution in [0.5, 0.6) is 0 Å². The summed E-state index contributed by atoms with van der Waals surface area (Å²) in [6.45, 7) is 0. The molecule has 88 valence electrons. The van der Waals surface area contributed by atoms with Gasteiger partial charge in [-0.25, -0.2) is 0 Å². The van der Waals surface area contributed by atoms with Crippen molar-refractivity contribution < 1.29 is 0 Å². The molecule has 4 nitrogen and oxygen atoms in total. The topological polar surface area (TPSA) is 90.1 Å². The highest BCUT2D eigenvalue weighted by Crippen LogP contribution is 2.34. The first-order chi connectivity index (χ1) is 8.08. The number of anilines is 5. The first-order valence-electron chi connectivity index (χ1n) is 5.04. The first-order valence-corrected chi connectivity index (χ1v) is 5.42. The van der Waals surface area contributed by atoms with Crippen molar-refractivity contribution in [2.75, 3.05) is 22.5 Å². The normalized spacial score (nSPS) is 10.2. The van der Waals surface area contributed by atoms with Crippen LogP contribution in [-0.2, 0) is 0 Å². The fraction of sp³-hybridized carbons (Fsp3) is 0. The van der Waals surface area contributed by atoms with Crippen LogP contribution < -0.4 is 22.5 Å². The number of nitrogens with one attached hydrogen (secondary N) is 1. The van der Waals surface area contributed by atoms with E-state index in [9.17, 15) is 0 Å². The number of nitrogens with two attached hydrogens (primary N) is 3. The maximum Gasteiger partial charge on any atom is 0.0852 e. The minimum Gasteiger partial charge on any atom is -0.397 e. The Labute approximate surface area is 104 Å². The average molecular weight is 249 g/mol. The fourth-order valence-electron chi connectivity index (χ4n) is 1.54. The molecule has 7 N–H and O–H groups in total. The lowest BCUT2D eigenvalue weighted by atomic mass is 10.2. The Morgan fingerprint density at radius 2 is 1.47 bits per heavy atom. The molecule has 5 heteroatoms. The lowest BCUT2D eigenvalue weighted by Gasteiger charge is -2.14. The summed E-state index contributed by atoms with van der Waals surface area (Å²) in [6, 6.07) is 10.7. The van der Waals surface area contributed by atoms with Crippen LogP contribution in [0.2, 0.25) is 5.02 Å². The molecule has 0 atom stereocenters. The summed E-state index contributed by atoms with van der Waals surface area (Å²) < 4.78 is 0. The van der Waals surface area contributed by atoms with Gasteiger partial charge in [0.2, 0.25) is 0 Å². The molecule has 0 bridgehead atoms. The molecule has 0 fully saturated rings. The van der Waals surface area contributed by atoms with Gasteiger partial charge in [0.1, 0.15) is 0 Å². The van der Waals surface area contributed by atoms with Crippen molar-refractivity contribution in [3.63, 3.8) is 0 Å². The molecule has 2 aromatic rings. The van der Waals surface area contributed by atoms with Crippen LogP contribution in [0.15, 0.2) is 36.4 Å². The van der Waals surface area contributed by atoms with Gasteiger partial charge in [-0.2, -0.15) is 0 Å². The largest absolute Gasteiger partial charge is 0.397 e. The van der Waals surface area contributed by atoms with Gasteiger partial charge in [0.15, 0.2) is 0 Å². The number of benzene rings is 2. The van der Waals surface area contributed by atoms with Gasteiger partial charge < -0.3 is 22.5 Å². The quantitative estimate of drug-likeness (QED) is 0.615. The SMILES string of the molecule is Nc1ccccc1Nc1c(N)cc(Cl)cc1N. The van der Waals surface area contributed by atoms with Gasteiger partial charge in [0, 0.05) is 5.02 Å². The highest BCUT2D eigenvalue weighted by Gasteiger charge is 2.07. The van der Waals surface area contributed by atoms with E-state index >= 15 is 0 Å². The first kappa shape index (κ1) is 11.4. The molecule has 0 saturated carbocycles. The Morgan fingerprint density at radius 3 is 2.06 bits per heavy atom. The molecule has 0 aliphatic carbocycles. The van der Waals surface area contributed by atoms with Crippen molar-refractivity contribution in [1.29, 1.82) is 0 Å². The Bertz CT molecular complexity index is 531. The van der Waals surface area contributed by atoms with Gasteiger partial charge in [-0.15, -0.1) is 0 Å². The minimum atomic E-state index is 0.484. The zero-order valence-electron chi connectivity index (χ0n) is 9.07. The summed E-state index contributed by atoms with van der Waals surface area (Å²) in [5.41, 5.74) is 20.5. The lowest BCUT2D eigenvalue weighted by molar-refractivity contribution is 1.54. The van der Waals surface area contributed by atoms with Gasteiger partial charge in [0.25, 0.3) is 0 Å². The highest BCUT2D eigenvalue weighted by atomic mass is 35.5. The van der Waals surface area contributed by atoms with Crippen molar-refractivity contribution in [2.24, 2.45) is 0 Å². The summed E-state index contributed by atoms with van der Waals surface area (Å²) in [6.07, 6.45) is 0. The molecular weight excluding hydrogens is 236 g/mol. The third kappa shape index (κ3) is 2.37. The second-order valence-corrected chi connectivity index (χ2v) is 4.11. The van der Waals surface area contributed by atoms with E-state index in [1.165, 1.54) is 0 Å². The van der Waals surface area contributed by atoms with Crippen LogP contribution in [0.3, 0.4) is 0 Å². The van der Waals surface area contributed by atoms with E-state index < -0.39 is 0 Å². The summed E-state index contributed by atoms with van der Waals surface area (Å²) >= 11 is 5.84. The Kier molecular flexibility index (Phi) is 2.97. The van der Waals surface area contributed by atoms with E-state index in [0.717, 1.165) is 5.69 Å². The molecule has 0 amide bonds. The molecular formula is C12H13ClN4. The van der Waals surface area contributed by atoms with Crippen molar-refractivity contribution in [2.45, 2.75) is 0 Å². The fourth-order valence-corrected chi connectivity index (χ4v) is 1.77. The van der Waals surface area contributed by atoms with Crippen LogP contribution in [-0.4, -0.2) is 0 Å². The Balaban J connectivity index is 2.40. The smallest absolute Gasteiger partial charge is 0.0852 e. The standard InChI is InChI=1S/C12H13ClN4/c13-7-5-9(15)12(10(16)6-7)17-11-4-2-1-3-8(11)14/h1-6,17H,14-16H2. The van der Waals surface area contributed by atoms with Crippen LogP contribution in [0.1, 0.15) is 0 Å². The van der Waals surface area contributed by atoms with E-state index in [1.807, 2.05) is 18.2 Å².